The summed E-state index contributed by atoms with van der Waals surface area (Å²) in [6.45, 7) is 42.5. The molecule has 4 aliphatic carbocycles. The van der Waals surface area contributed by atoms with Crippen LogP contribution in [0.3, 0.4) is 0 Å². The average Bonchev–Trinajstić information content (AvgIpc) is 3.44. The maximum atomic E-state index is 4.37. The summed E-state index contributed by atoms with van der Waals surface area (Å²) in [6.07, 6.45) is 16.3. The van der Waals surface area contributed by atoms with Gasteiger partial charge in [0.2, 0.25) is 0 Å². The molecule has 1 aromatic rings. The molecule has 4 aliphatic rings. The lowest BCUT2D eigenvalue weighted by Crippen LogP contribution is -2.49. The summed E-state index contributed by atoms with van der Waals surface area (Å²) in [5.74, 6) is 6.10. The Balaban J connectivity index is -0.000000215. The van der Waals surface area contributed by atoms with Crippen LogP contribution in [0.2, 0.25) is 0 Å². The van der Waals surface area contributed by atoms with E-state index in [0.717, 1.165) is 46.9 Å². The summed E-state index contributed by atoms with van der Waals surface area (Å²) in [7, 11) is 0. The molecule has 1 nitrogen and oxygen atoms in total. The van der Waals surface area contributed by atoms with Gasteiger partial charge in [-0.25, -0.2) is 0 Å². The lowest BCUT2D eigenvalue weighted by Gasteiger charge is -2.57. The summed E-state index contributed by atoms with van der Waals surface area (Å²) in [4.78, 5) is 4.17. The minimum Gasteiger partial charge on any atom is -0.258 e. The summed E-state index contributed by atoms with van der Waals surface area (Å²) in [6, 6.07) is 6.00. The minimum atomic E-state index is 0. The van der Waals surface area contributed by atoms with Gasteiger partial charge in [0.1, 0.15) is 0 Å². The molecule has 0 spiro atoms. The molecular weight excluding hydrogens is 555 g/mol. The maximum absolute atomic E-state index is 4.37. The molecule has 1 heteroatoms. The predicted octanol–water partition coefficient (Wildman–Crippen LogP) is 16.4. The molecule has 0 N–H and O–H groups in total. The van der Waals surface area contributed by atoms with Crippen LogP contribution in [0.15, 0.2) is 30.4 Å². The lowest BCUT2D eigenvalue weighted by atomic mass is 9.48. The van der Waals surface area contributed by atoms with Gasteiger partial charge in [0.15, 0.2) is 0 Å². The Bertz CT molecular complexity index is 816. The smallest absolute Gasteiger partial charge is 0.0375 e. The maximum Gasteiger partial charge on any atom is 0.0375 e. The summed E-state index contributed by atoms with van der Waals surface area (Å²) in [5, 5.41) is 0. The van der Waals surface area contributed by atoms with Gasteiger partial charge in [0.05, 0.1) is 0 Å². The number of allylic oxidation sites excluding steroid dienone is 1. The lowest BCUT2D eigenvalue weighted by molar-refractivity contribution is -0.0752. The van der Waals surface area contributed by atoms with E-state index in [-0.39, 0.29) is 8.85 Å². The number of hydrogen-bond acceptors (Lipinski definition) is 1. The van der Waals surface area contributed by atoms with Gasteiger partial charge in [-0.05, 0) is 137 Å². The molecule has 0 aromatic carbocycles. The highest BCUT2D eigenvalue weighted by atomic mass is 14.7. The van der Waals surface area contributed by atoms with Crippen molar-refractivity contribution in [1.29, 1.82) is 0 Å². The molecule has 0 radical (unpaired) electrons. The van der Waals surface area contributed by atoms with Crippen LogP contribution in [-0.4, -0.2) is 4.98 Å². The number of pyridine rings is 1. The SMILES string of the molecule is C.C=C(C)C1CCC2C3CCC4C[C@@](C)(CC)CCC4C3CCC12C.CC.CC.CC.CC.CC.CCC.Cc1cccc(C)n1.[HH]. The number of rotatable bonds is 2. The topological polar surface area (TPSA) is 12.9 Å². The van der Waals surface area contributed by atoms with E-state index in [4.69, 9.17) is 0 Å². The third-order valence-electron chi connectivity index (χ3n) is 10.8. The largest absolute Gasteiger partial charge is 0.258 e. The molecule has 5 rings (SSSR count). The molecule has 0 aliphatic heterocycles. The molecule has 8 atom stereocenters. The summed E-state index contributed by atoms with van der Waals surface area (Å²) < 4.78 is 0. The van der Waals surface area contributed by atoms with Gasteiger partial charge in [-0.15, -0.1) is 0 Å². The van der Waals surface area contributed by atoms with Gasteiger partial charge in [0.25, 0.3) is 0 Å². The van der Waals surface area contributed by atoms with Crippen LogP contribution >= 0.6 is 0 Å². The molecule has 1 heterocycles. The van der Waals surface area contributed by atoms with Gasteiger partial charge in [0, 0.05) is 12.8 Å². The van der Waals surface area contributed by atoms with E-state index in [1.54, 1.807) is 19.3 Å². The molecule has 46 heavy (non-hydrogen) atoms. The fourth-order valence-electron chi connectivity index (χ4n) is 9.00. The number of aromatic nitrogens is 1. The molecule has 0 bridgehead atoms. The molecule has 4 fully saturated rings. The van der Waals surface area contributed by atoms with Crippen molar-refractivity contribution < 1.29 is 1.43 Å². The zero-order valence-corrected chi connectivity index (χ0v) is 34.6. The Labute approximate surface area is 296 Å². The van der Waals surface area contributed by atoms with Crippen molar-refractivity contribution in [3.8, 4) is 0 Å². The highest BCUT2D eigenvalue weighted by Crippen LogP contribution is 2.66. The summed E-state index contributed by atoms with van der Waals surface area (Å²) >= 11 is 0. The predicted molar refractivity (Wildman–Crippen MR) is 219 cm³/mol. The fourth-order valence-corrected chi connectivity index (χ4v) is 9.00. The normalized spacial score (nSPS) is 30.7. The Kier molecular flexibility index (Phi) is 32.5. The highest BCUT2D eigenvalue weighted by Gasteiger charge is 2.57. The first kappa shape index (κ1) is 51.7. The van der Waals surface area contributed by atoms with Crippen LogP contribution in [0.4, 0.5) is 0 Å². The summed E-state index contributed by atoms with van der Waals surface area (Å²) in [5.41, 5.74) is 4.90. The van der Waals surface area contributed by atoms with E-state index in [2.05, 4.69) is 53.1 Å². The van der Waals surface area contributed by atoms with Crippen molar-refractivity contribution in [2.75, 3.05) is 0 Å². The second-order valence-corrected chi connectivity index (χ2v) is 13.5. The van der Waals surface area contributed by atoms with E-state index in [0.29, 0.717) is 10.8 Å². The molecule has 4 saturated carbocycles. The van der Waals surface area contributed by atoms with Crippen molar-refractivity contribution in [3.05, 3.63) is 41.7 Å². The van der Waals surface area contributed by atoms with Gasteiger partial charge in [-0.3, -0.25) is 4.98 Å². The molecular formula is C45H93N. The van der Waals surface area contributed by atoms with Crippen molar-refractivity contribution in [2.24, 2.45) is 46.3 Å². The first-order valence-corrected chi connectivity index (χ1v) is 20.1. The van der Waals surface area contributed by atoms with E-state index in [1.807, 2.05) is 101 Å². The van der Waals surface area contributed by atoms with Crippen molar-refractivity contribution in [3.63, 3.8) is 0 Å². The van der Waals surface area contributed by atoms with E-state index < -0.39 is 0 Å². The van der Waals surface area contributed by atoms with E-state index in [9.17, 15) is 0 Å². The Morgan fingerprint density at radius 1 is 0.739 bits per heavy atom. The molecule has 0 saturated heterocycles. The van der Waals surface area contributed by atoms with Crippen LogP contribution in [0.5, 0.6) is 0 Å². The first-order valence-electron chi connectivity index (χ1n) is 20.1. The third-order valence-corrected chi connectivity index (χ3v) is 10.8. The number of aryl methyl sites for hydroxylation is 2. The standard InChI is InChI=1S/C24H40.C7H9N.C3H8.5C2H6.CH4.H2/c1-6-23(4)13-11-18-17(15-23)7-8-20-19(18)12-14-24(5)21(16(2)3)9-10-22(20)24;1-6-4-3-5-7(2)8-6;1-3-2;5*1-2;;/h17-22H,2,6-15H2,1,3-5H3;3-5H,1-2H3;3H2,1-2H3;5*1-2H3;1H4;1H/t17?,18?,19?,20?,21?,22?,23-,24?;;;;;;;;;/m0........./s1. The fraction of sp³-hybridized carbons (Fsp3) is 0.844. The van der Waals surface area contributed by atoms with Crippen LogP contribution in [-0.2, 0) is 0 Å². The second kappa shape index (κ2) is 28.9. The number of fused-ring (bicyclic) bond motifs is 5. The Morgan fingerprint density at radius 2 is 1.22 bits per heavy atom. The Morgan fingerprint density at radius 3 is 1.63 bits per heavy atom. The van der Waals surface area contributed by atoms with Crippen molar-refractivity contribution in [2.45, 2.75) is 203 Å². The molecule has 1 aromatic heterocycles. The van der Waals surface area contributed by atoms with Crippen LogP contribution in [0.1, 0.15) is 202 Å². The third kappa shape index (κ3) is 15.0. The number of hydrogen-bond donors (Lipinski definition) is 0. The van der Waals surface area contributed by atoms with E-state index >= 15 is 0 Å². The second-order valence-electron chi connectivity index (χ2n) is 13.5. The Hall–Kier alpha value is -1.11. The van der Waals surface area contributed by atoms with Crippen molar-refractivity contribution in [1.82, 2.24) is 4.98 Å². The number of nitrogens with zero attached hydrogens (tertiary/aromatic N) is 1. The van der Waals surface area contributed by atoms with Crippen LogP contribution in [0.25, 0.3) is 0 Å². The zero-order chi connectivity index (χ0) is 35.8. The van der Waals surface area contributed by atoms with Crippen molar-refractivity contribution >= 4 is 0 Å². The van der Waals surface area contributed by atoms with Gasteiger partial charge in [-0.2, -0.15) is 0 Å². The average molecular weight is 648 g/mol. The first-order chi connectivity index (χ1) is 21.6. The minimum absolute atomic E-state index is 0. The zero-order valence-electron chi connectivity index (χ0n) is 34.6. The van der Waals surface area contributed by atoms with Gasteiger partial charge in [-0.1, -0.05) is 142 Å². The van der Waals surface area contributed by atoms with E-state index in [1.165, 1.54) is 56.9 Å². The molecule has 7 unspecified atom stereocenters. The monoisotopic (exact) mass is 648 g/mol. The quantitative estimate of drug-likeness (QED) is 0.291. The van der Waals surface area contributed by atoms with Gasteiger partial charge < -0.3 is 0 Å². The molecule has 0 amide bonds. The van der Waals surface area contributed by atoms with Crippen LogP contribution < -0.4 is 0 Å². The van der Waals surface area contributed by atoms with Crippen LogP contribution in [0, 0.1) is 60.2 Å². The highest BCUT2D eigenvalue weighted by molar-refractivity contribution is 5.14. The molecule has 278 valence electrons. The van der Waals surface area contributed by atoms with Gasteiger partial charge >= 0.3 is 0 Å².